The van der Waals surface area contributed by atoms with Gasteiger partial charge in [0.05, 0.1) is 25.9 Å². The minimum absolute atomic E-state index is 0.0211. The van der Waals surface area contributed by atoms with Crippen LogP contribution in [0.3, 0.4) is 0 Å². The van der Waals surface area contributed by atoms with Crippen molar-refractivity contribution >= 4 is 70.1 Å². The molecule has 0 spiro atoms. The Balaban J connectivity index is 1.69. The molecule has 0 bridgehead atoms. The Labute approximate surface area is 179 Å². The van der Waals surface area contributed by atoms with Gasteiger partial charge < -0.3 is 4.90 Å². The monoisotopic (exact) mass is 474 g/mol. The van der Waals surface area contributed by atoms with Crippen LogP contribution in [-0.2, 0) is 0 Å². The smallest absolute Gasteiger partial charge is 0.260 e. The van der Waals surface area contributed by atoms with Crippen molar-refractivity contribution < 1.29 is 4.79 Å². The molecule has 4 aromatic rings. The minimum Gasteiger partial charge on any atom is -0.309 e. The van der Waals surface area contributed by atoms with Crippen LogP contribution >= 0.6 is 38.6 Å². The van der Waals surface area contributed by atoms with E-state index in [9.17, 15) is 4.79 Å². The molecule has 0 radical (unpaired) electrons. The Morgan fingerprint density at radius 2 is 1.89 bits per heavy atom. The summed E-state index contributed by atoms with van der Waals surface area (Å²) < 4.78 is 3.09. The Bertz CT molecular complexity index is 1140. The van der Waals surface area contributed by atoms with Gasteiger partial charge in [-0.3, -0.25) is 9.69 Å². The third-order valence-electron chi connectivity index (χ3n) is 4.38. The molecule has 0 saturated heterocycles. The Hall–Kier alpha value is -1.87. The first-order valence-corrected chi connectivity index (χ1v) is 11.4. The molecule has 1 amide bonds. The van der Waals surface area contributed by atoms with E-state index < -0.39 is 0 Å². The molecule has 2 heterocycles. The second-order valence-corrected chi connectivity index (χ2v) is 9.57. The van der Waals surface area contributed by atoms with Gasteiger partial charge in [-0.2, -0.15) is 0 Å². The third kappa shape index (κ3) is 4.10. The standard InChI is InChI=1S/C20H19BrN4OS2/c1-24(2)8-3-9-25(20-23-16-7-5-14(21)11-18(16)28-20)19(26)13-4-6-15-17(10-13)27-12-22-15/h4-7,10-12H,3,8-9H2,1-2H3. The van der Waals surface area contributed by atoms with Crippen LogP contribution < -0.4 is 4.90 Å². The SMILES string of the molecule is CN(C)CCCN(C(=O)c1ccc2ncsc2c1)c1nc2ccc(Br)cc2s1. The second-order valence-electron chi connectivity index (χ2n) is 6.76. The molecule has 144 valence electrons. The molecule has 8 heteroatoms. The maximum Gasteiger partial charge on any atom is 0.260 e. The van der Waals surface area contributed by atoms with E-state index in [0.29, 0.717) is 12.1 Å². The first-order valence-electron chi connectivity index (χ1n) is 8.87. The van der Waals surface area contributed by atoms with Crippen LogP contribution in [0.15, 0.2) is 46.4 Å². The van der Waals surface area contributed by atoms with E-state index in [1.165, 1.54) is 0 Å². The summed E-state index contributed by atoms with van der Waals surface area (Å²) in [6.45, 7) is 1.53. The van der Waals surface area contributed by atoms with Crippen LogP contribution in [0.4, 0.5) is 5.13 Å². The number of carbonyl (C=O) groups is 1. The van der Waals surface area contributed by atoms with Crippen molar-refractivity contribution in [2.24, 2.45) is 0 Å². The molecule has 5 nitrogen and oxygen atoms in total. The van der Waals surface area contributed by atoms with E-state index in [4.69, 9.17) is 4.98 Å². The molecule has 0 atom stereocenters. The minimum atomic E-state index is -0.0211. The summed E-state index contributed by atoms with van der Waals surface area (Å²) in [5.41, 5.74) is 4.30. The van der Waals surface area contributed by atoms with Crippen molar-refractivity contribution in [1.29, 1.82) is 0 Å². The number of nitrogens with zero attached hydrogens (tertiary/aromatic N) is 4. The number of aromatic nitrogens is 2. The number of halogens is 1. The largest absolute Gasteiger partial charge is 0.309 e. The van der Waals surface area contributed by atoms with E-state index in [1.807, 2.05) is 55.4 Å². The lowest BCUT2D eigenvalue weighted by Gasteiger charge is -2.21. The van der Waals surface area contributed by atoms with Crippen LogP contribution in [0, 0.1) is 0 Å². The molecule has 0 N–H and O–H groups in total. The number of thiazole rings is 2. The van der Waals surface area contributed by atoms with Gasteiger partial charge >= 0.3 is 0 Å². The first-order chi connectivity index (χ1) is 13.5. The van der Waals surface area contributed by atoms with E-state index >= 15 is 0 Å². The van der Waals surface area contributed by atoms with Crippen LogP contribution in [-0.4, -0.2) is 48.0 Å². The molecule has 2 aromatic heterocycles. The number of fused-ring (bicyclic) bond motifs is 2. The predicted octanol–water partition coefficient (Wildman–Crippen LogP) is 5.27. The summed E-state index contributed by atoms with van der Waals surface area (Å²) in [6, 6.07) is 11.7. The molecule has 28 heavy (non-hydrogen) atoms. The van der Waals surface area contributed by atoms with E-state index in [0.717, 1.165) is 43.0 Å². The van der Waals surface area contributed by atoms with Crippen LogP contribution in [0.5, 0.6) is 0 Å². The average molecular weight is 475 g/mol. The molecule has 0 unspecified atom stereocenters. The fraction of sp³-hybridized carbons (Fsp3) is 0.250. The lowest BCUT2D eigenvalue weighted by atomic mass is 10.2. The molecular formula is C20H19BrN4OS2. The summed E-state index contributed by atoms with van der Waals surface area (Å²) in [6.07, 6.45) is 0.876. The molecule has 0 fully saturated rings. The highest BCUT2D eigenvalue weighted by Crippen LogP contribution is 2.32. The van der Waals surface area contributed by atoms with Gasteiger partial charge in [0.15, 0.2) is 5.13 Å². The zero-order valence-corrected chi connectivity index (χ0v) is 18.8. The van der Waals surface area contributed by atoms with Gasteiger partial charge in [-0.15, -0.1) is 11.3 Å². The maximum atomic E-state index is 13.4. The molecule has 0 aliphatic heterocycles. The predicted molar refractivity (Wildman–Crippen MR) is 122 cm³/mol. The fourth-order valence-corrected chi connectivity index (χ4v) is 5.23. The third-order valence-corrected chi connectivity index (χ3v) is 6.71. The van der Waals surface area contributed by atoms with Gasteiger partial charge in [0.1, 0.15) is 0 Å². The van der Waals surface area contributed by atoms with Crippen molar-refractivity contribution in [2.45, 2.75) is 6.42 Å². The maximum absolute atomic E-state index is 13.4. The van der Waals surface area contributed by atoms with Gasteiger partial charge in [-0.25, -0.2) is 9.97 Å². The van der Waals surface area contributed by atoms with E-state index in [-0.39, 0.29) is 5.91 Å². The molecule has 0 saturated carbocycles. The van der Waals surface area contributed by atoms with Gasteiger partial charge in [-0.05, 0) is 63.5 Å². The molecule has 0 aliphatic carbocycles. The van der Waals surface area contributed by atoms with Crippen LogP contribution in [0.25, 0.3) is 20.4 Å². The van der Waals surface area contributed by atoms with E-state index in [1.54, 1.807) is 28.2 Å². The van der Waals surface area contributed by atoms with Crippen molar-refractivity contribution in [1.82, 2.24) is 14.9 Å². The van der Waals surface area contributed by atoms with Crippen molar-refractivity contribution in [2.75, 3.05) is 32.1 Å². The van der Waals surface area contributed by atoms with Crippen molar-refractivity contribution in [3.8, 4) is 0 Å². The lowest BCUT2D eigenvalue weighted by molar-refractivity contribution is 0.0986. The highest BCUT2D eigenvalue weighted by Gasteiger charge is 2.21. The quantitative estimate of drug-likeness (QED) is 0.382. The Morgan fingerprint density at radius 1 is 1.07 bits per heavy atom. The van der Waals surface area contributed by atoms with Gasteiger partial charge in [0.25, 0.3) is 5.91 Å². The lowest BCUT2D eigenvalue weighted by Crippen LogP contribution is -2.33. The topological polar surface area (TPSA) is 49.3 Å². The number of hydrogen-bond donors (Lipinski definition) is 0. The normalized spacial score (nSPS) is 11.6. The van der Waals surface area contributed by atoms with Gasteiger partial charge in [0, 0.05) is 16.6 Å². The summed E-state index contributed by atoms with van der Waals surface area (Å²) >= 11 is 6.60. The highest BCUT2D eigenvalue weighted by molar-refractivity contribution is 9.10. The van der Waals surface area contributed by atoms with Crippen molar-refractivity contribution in [3.63, 3.8) is 0 Å². The van der Waals surface area contributed by atoms with Crippen molar-refractivity contribution in [3.05, 3.63) is 51.9 Å². The number of carbonyl (C=O) groups excluding carboxylic acids is 1. The molecule has 2 aromatic carbocycles. The van der Waals surface area contributed by atoms with Crippen LogP contribution in [0.2, 0.25) is 0 Å². The van der Waals surface area contributed by atoms with Gasteiger partial charge in [0.2, 0.25) is 0 Å². The number of amides is 1. The number of hydrogen-bond acceptors (Lipinski definition) is 6. The van der Waals surface area contributed by atoms with Gasteiger partial charge in [-0.1, -0.05) is 27.3 Å². The average Bonchev–Trinajstić information content (AvgIpc) is 3.29. The Kier molecular flexibility index (Phi) is 5.73. The highest BCUT2D eigenvalue weighted by atomic mass is 79.9. The summed E-state index contributed by atoms with van der Waals surface area (Å²) in [7, 11) is 4.08. The summed E-state index contributed by atoms with van der Waals surface area (Å²) in [4.78, 5) is 26.4. The van der Waals surface area contributed by atoms with Crippen LogP contribution in [0.1, 0.15) is 16.8 Å². The summed E-state index contributed by atoms with van der Waals surface area (Å²) in [5.74, 6) is -0.0211. The number of rotatable bonds is 6. The molecule has 0 aliphatic rings. The first kappa shape index (κ1) is 19.4. The van der Waals surface area contributed by atoms with E-state index in [2.05, 4.69) is 25.8 Å². The molecule has 4 rings (SSSR count). The number of benzene rings is 2. The molecular weight excluding hydrogens is 456 g/mol. The zero-order chi connectivity index (χ0) is 19.7. The zero-order valence-electron chi connectivity index (χ0n) is 15.6. The fourth-order valence-electron chi connectivity index (χ4n) is 2.97. The Morgan fingerprint density at radius 3 is 2.71 bits per heavy atom. The second kappa shape index (κ2) is 8.24. The summed E-state index contributed by atoms with van der Waals surface area (Å²) in [5, 5.41) is 0.737. The number of anilines is 1.